The van der Waals surface area contributed by atoms with Gasteiger partial charge >= 0.3 is 6.18 Å². The van der Waals surface area contributed by atoms with Crippen LogP contribution in [0.25, 0.3) is 0 Å². The fraction of sp³-hybridized carbons (Fsp3) is 0.391. The minimum atomic E-state index is -4.63. The van der Waals surface area contributed by atoms with Crippen LogP contribution in [0.3, 0.4) is 0 Å². The van der Waals surface area contributed by atoms with Crippen LogP contribution in [-0.2, 0) is 11.0 Å². The molecule has 1 N–H and O–H groups in total. The summed E-state index contributed by atoms with van der Waals surface area (Å²) in [6, 6.07) is 6.75. The van der Waals surface area contributed by atoms with Gasteiger partial charge in [-0.05, 0) is 37.1 Å². The van der Waals surface area contributed by atoms with Crippen molar-refractivity contribution in [2.45, 2.75) is 37.8 Å². The van der Waals surface area contributed by atoms with Crippen LogP contribution < -0.4 is 10.1 Å². The molecular formula is C23H22F3N5O4S2. The van der Waals surface area contributed by atoms with Crippen molar-refractivity contribution in [2.24, 2.45) is 0 Å². The van der Waals surface area contributed by atoms with Gasteiger partial charge in [0.25, 0.3) is 5.91 Å². The molecule has 1 aliphatic heterocycles. The van der Waals surface area contributed by atoms with E-state index in [2.05, 4.69) is 20.5 Å². The van der Waals surface area contributed by atoms with Crippen molar-refractivity contribution in [1.29, 1.82) is 0 Å². The number of benzene rings is 1. The van der Waals surface area contributed by atoms with E-state index in [1.807, 2.05) is 0 Å². The highest BCUT2D eigenvalue weighted by atomic mass is 32.1. The summed E-state index contributed by atoms with van der Waals surface area (Å²) in [5.74, 6) is -0.159. The first-order valence-corrected chi connectivity index (χ1v) is 13.0. The van der Waals surface area contributed by atoms with E-state index in [4.69, 9.17) is 4.74 Å². The molecule has 9 nitrogen and oxygen atoms in total. The molecule has 0 saturated carbocycles. The van der Waals surface area contributed by atoms with E-state index in [0.29, 0.717) is 37.2 Å². The first-order chi connectivity index (χ1) is 17.6. The number of carbonyl (C=O) groups is 3. The Morgan fingerprint density at radius 2 is 1.81 bits per heavy atom. The fourth-order valence-corrected chi connectivity index (χ4v) is 5.38. The second kappa shape index (κ2) is 11.3. The number of thiazole rings is 1. The number of anilines is 1. The molecule has 37 heavy (non-hydrogen) atoms. The Kier molecular flexibility index (Phi) is 8.17. The Hall–Kier alpha value is -3.39. The molecule has 196 valence electrons. The quantitative estimate of drug-likeness (QED) is 0.404. The number of alkyl halides is 3. The van der Waals surface area contributed by atoms with Crippen LogP contribution in [0.2, 0.25) is 0 Å². The molecule has 2 aromatic heterocycles. The van der Waals surface area contributed by atoms with Gasteiger partial charge in [0.1, 0.15) is 11.4 Å². The van der Waals surface area contributed by atoms with E-state index in [1.165, 1.54) is 11.3 Å². The molecule has 1 fully saturated rings. The Labute approximate surface area is 217 Å². The predicted octanol–water partition coefficient (Wildman–Crippen LogP) is 4.64. The molecule has 0 unspecified atom stereocenters. The number of nitrogens with one attached hydrogen (secondary N) is 1. The number of methoxy groups -OCH3 is 1. The summed E-state index contributed by atoms with van der Waals surface area (Å²) in [6.45, 7) is 1.01. The third-order valence-electron chi connectivity index (χ3n) is 5.82. The van der Waals surface area contributed by atoms with Crippen molar-refractivity contribution in [3.63, 3.8) is 0 Å². The van der Waals surface area contributed by atoms with Crippen LogP contribution in [0.5, 0.6) is 5.75 Å². The lowest BCUT2D eigenvalue weighted by Gasteiger charge is -2.31. The van der Waals surface area contributed by atoms with Gasteiger partial charge in [0.2, 0.25) is 16.0 Å². The summed E-state index contributed by atoms with van der Waals surface area (Å²) in [6.07, 6.45) is -3.08. The number of hydrogen-bond acceptors (Lipinski definition) is 9. The summed E-state index contributed by atoms with van der Waals surface area (Å²) in [5, 5.41) is 9.53. The second-order valence-corrected chi connectivity index (χ2v) is 10.1. The van der Waals surface area contributed by atoms with Gasteiger partial charge in [-0.3, -0.25) is 19.7 Å². The second-order valence-electron chi connectivity index (χ2n) is 8.24. The molecule has 2 amide bonds. The number of likely N-dealkylation sites (tertiary alicyclic amines) is 1. The molecule has 0 spiro atoms. The third kappa shape index (κ3) is 6.68. The topological polar surface area (TPSA) is 114 Å². The molecular weight excluding hydrogens is 531 g/mol. The van der Waals surface area contributed by atoms with E-state index < -0.39 is 17.1 Å². The van der Waals surface area contributed by atoms with Crippen molar-refractivity contribution < 1.29 is 32.3 Å². The maximum atomic E-state index is 12.7. The number of carbonyl (C=O) groups excluding carboxylic acids is 3. The van der Waals surface area contributed by atoms with E-state index in [9.17, 15) is 27.6 Å². The lowest BCUT2D eigenvalue weighted by atomic mass is 9.97. The Bertz CT molecular complexity index is 1270. The molecule has 3 heterocycles. The number of amides is 2. The average molecular weight is 554 g/mol. The number of ether oxygens (including phenoxy) is 1. The number of ketones is 1. The van der Waals surface area contributed by atoms with Gasteiger partial charge in [-0.25, -0.2) is 4.98 Å². The van der Waals surface area contributed by atoms with Crippen molar-refractivity contribution in [2.75, 3.05) is 25.5 Å². The molecule has 1 saturated heterocycles. The predicted molar refractivity (Wildman–Crippen MR) is 130 cm³/mol. The molecule has 14 heteroatoms. The van der Waals surface area contributed by atoms with Crippen LogP contribution >= 0.6 is 22.7 Å². The number of rotatable bonds is 8. The Morgan fingerprint density at radius 3 is 2.43 bits per heavy atom. The monoisotopic (exact) mass is 553 g/mol. The average Bonchev–Trinajstić information content (AvgIpc) is 3.57. The minimum absolute atomic E-state index is 0.0508. The van der Waals surface area contributed by atoms with Crippen molar-refractivity contribution in [3.05, 3.63) is 50.9 Å². The zero-order valence-electron chi connectivity index (χ0n) is 19.6. The molecule has 4 rings (SSSR count). The van der Waals surface area contributed by atoms with Gasteiger partial charge in [-0.1, -0.05) is 11.3 Å². The number of aromatic nitrogens is 3. The van der Waals surface area contributed by atoms with Crippen LogP contribution in [-0.4, -0.2) is 57.9 Å². The third-order valence-corrected chi connectivity index (χ3v) is 7.71. The number of hydrogen-bond donors (Lipinski definition) is 1. The maximum Gasteiger partial charge on any atom is 0.445 e. The van der Waals surface area contributed by atoms with Gasteiger partial charge in [0, 0.05) is 42.8 Å². The van der Waals surface area contributed by atoms with Crippen LogP contribution in [0, 0.1) is 0 Å². The molecule has 0 aliphatic carbocycles. The van der Waals surface area contributed by atoms with Crippen molar-refractivity contribution in [3.8, 4) is 5.75 Å². The smallest absolute Gasteiger partial charge is 0.445 e. The zero-order chi connectivity index (χ0) is 26.6. The molecule has 1 aromatic carbocycles. The molecule has 1 aliphatic rings. The normalized spacial score (nSPS) is 14.4. The van der Waals surface area contributed by atoms with Crippen LogP contribution in [0.15, 0.2) is 29.6 Å². The highest BCUT2D eigenvalue weighted by molar-refractivity contribution is 7.15. The number of Topliss-reactive ketones (excluding diaryl/α,β-unsaturated/α-hetero) is 1. The van der Waals surface area contributed by atoms with Crippen LogP contribution in [0.4, 0.5) is 18.3 Å². The SMILES string of the molecule is COc1ccc(C(=O)CCC(=O)N2CCC(c3nc(C(=O)Nc4nnc(C(F)(F)F)s4)cs3)CC2)cc1. The number of nitrogens with zero attached hydrogens (tertiary/aromatic N) is 4. The van der Waals surface area contributed by atoms with E-state index in [1.54, 1.807) is 41.7 Å². The maximum absolute atomic E-state index is 12.7. The van der Waals surface area contributed by atoms with Gasteiger partial charge < -0.3 is 9.64 Å². The molecule has 0 bridgehead atoms. The summed E-state index contributed by atoms with van der Waals surface area (Å²) in [4.78, 5) is 43.4. The first kappa shape index (κ1) is 26.7. The largest absolute Gasteiger partial charge is 0.497 e. The molecule has 0 atom stereocenters. The highest BCUT2D eigenvalue weighted by Gasteiger charge is 2.36. The molecule has 0 radical (unpaired) electrons. The number of piperidine rings is 1. The van der Waals surface area contributed by atoms with Crippen molar-refractivity contribution in [1.82, 2.24) is 20.1 Å². The molecule has 3 aromatic rings. The summed E-state index contributed by atoms with van der Waals surface area (Å²) in [5.41, 5.74) is 0.613. The standard InChI is InChI=1S/C23H22F3N5O4S2/c1-35-15-4-2-13(3-5-15)17(32)6-7-18(33)31-10-8-14(9-11-31)20-27-16(12-36-20)19(34)28-22-30-29-21(37-22)23(24,25)26/h2-5,12,14H,6-11H2,1H3,(H,28,30,34). The van der Waals surface area contributed by atoms with Crippen molar-refractivity contribution >= 4 is 45.4 Å². The van der Waals surface area contributed by atoms with Gasteiger partial charge in [-0.2, -0.15) is 13.2 Å². The fourth-order valence-electron chi connectivity index (χ4n) is 3.80. The summed E-state index contributed by atoms with van der Waals surface area (Å²) >= 11 is 1.53. The zero-order valence-corrected chi connectivity index (χ0v) is 21.2. The Balaban J connectivity index is 1.24. The highest BCUT2D eigenvalue weighted by Crippen LogP contribution is 2.34. The van der Waals surface area contributed by atoms with Gasteiger partial charge in [-0.15, -0.1) is 21.5 Å². The minimum Gasteiger partial charge on any atom is -0.497 e. The summed E-state index contributed by atoms with van der Waals surface area (Å²) < 4.78 is 43.1. The lowest BCUT2D eigenvalue weighted by molar-refractivity contribution is -0.138. The van der Waals surface area contributed by atoms with Gasteiger partial charge in [0.05, 0.1) is 12.1 Å². The van der Waals surface area contributed by atoms with E-state index in [0.717, 1.165) is 5.01 Å². The Morgan fingerprint density at radius 1 is 1.11 bits per heavy atom. The van der Waals surface area contributed by atoms with Gasteiger partial charge in [0.15, 0.2) is 5.78 Å². The van der Waals surface area contributed by atoms with E-state index in [-0.39, 0.29) is 52.6 Å². The van der Waals surface area contributed by atoms with Crippen LogP contribution in [0.1, 0.15) is 62.5 Å². The first-order valence-electron chi connectivity index (χ1n) is 11.3. The number of halogens is 3. The summed E-state index contributed by atoms with van der Waals surface area (Å²) in [7, 11) is 1.55. The van der Waals surface area contributed by atoms with E-state index >= 15 is 0 Å². The lowest BCUT2D eigenvalue weighted by Crippen LogP contribution is -2.38.